The second-order valence-electron chi connectivity index (χ2n) is 3.64. The van der Waals surface area contributed by atoms with Gasteiger partial charge in [0.25, 0.3) is 5.91 Å². The van der Waals surface area contributed by atoms with Crippen LogP contribution in [0.25, 0.3) is 0 Å². The van der Waals surface area contributed by atoms with Crippen LogP contribution in [0.1, 0.15) is 6.42 Å². The maximum Gasteiger partial charge on any atom is 0.256 e. The van der Waals surface area contributed by atoms with Gasteiger partial charge in [0.2, 0.25) is 10.0 Å². The third-order valence-electron chi connectivity index (χ3n) is 2.58. The molecule has 6 nitrogen and oxygen atoms in total. The van der Waals surface area contributed by atoms with Gasteiger partial charge in [-0.2, -0.15) is 4.31 Å². The average Bonchev–Trinajstić information content (AvgIpc) is 2.16. The Morgan fingerprint density at radius 3 is 2.93 bits per heavy atom. The van der Waals surface area contributed by atoms with Crippen LogP contribution in [0, 0.1) is 5.92 Å². The molecule has 0 aromatic heterocycles. The maximum absolute atomic E-state index is 11.3. The van der Waals surface area contributed by atoms with Crippen LogP contribution in [-0.4, -0.2) is 50.0 Å². The second-order valence-corrected chi connectivity index (χ2v) is 5.62. The van der Waals surface area contributed by atoms with Gasteiger partial charge >= 0.3 is 0 Å². The number of rotatable bonds is 1. The Labute approximate surface area is 87.8 Å². The summed E-state index contributed by atoms with van der Waals surface area (Å²) < 4.78 is 23.9. The molecule has 0 aromatic rings. The Bertz CT molecular complexity index is 452. The predicted molar refractivity (Wildman–Crippen MR) is 55.5 cm³/mol. The van der Waals surface area contributed by atoms with Crippen molar-refractivity contribution in [3.8, 4) is 0 Å². The zero-order valence-electron chi connectivity index (χ0n) is 8.25. The smallest absolute Gasteiger partial charge is 0.256 e. The van der Waals surface area contributed by atoms with Gasteiger partial charge in [0.05, 0.1) is 18.7 Å². The fraction of sp³-hybridized carbons (Fsp3) is 0.625. The SMILES string of the molecule is CS(=O)(=O)N1CCC2C(=O)N=CN=C2C1. The number of hydrogen-bond donors (Lipinski definition) is 0. The van der Waals surface area contributed by atoms with E-state index >= 15 is 0 Å². The molecule has 82 valence electrons. The standard InChI is InChI=1S/C8H11N3O3S/c1-15(13,14)11-3-2-6-7(4-11)9-5-10-8(6)12/h5-6H,2-4H2,1H3. The van der Waals surface area contributed by atoms with Crippen LogP contribution in [0.4, 0.5) is 0 Å². The van der Waals surface area contributed by atoms with E-state index in [1.54, 1.807) is 0 Å². The van der Waals surface area contributed by atoms with E-state index in [-0.39, 0.29) is 18.4 Å². The summed E-state index contributed by atoms with van der Waals surface area (Å²) in [5.41, 5.74) is 0.603. The highest BCUT2D eigenvalue weighted by molar-refractivity contribution is 7.88. The highest BCUT2D eigenvalue weighted by Crippen LogP contribution is 2.20. The summed E-state index contributed by atoms with van der Waals surface area (Å²) in [5.74, 6) is -0.527. The molecule has 2 rings (SSSR count). The maximum atomic E-state index is 11.3. The highest BCUT2D eigenvalue weighted by atomic mass is 32.2. The molecular formula is C8H11N3O3S. The zero-order valence-corrected chi connectivity index (χ0v) is 9.07. The molecule has 0 bridgehead atoms. The lowest BCUT2D eigenvalue weighted by atomic mass is 9.94. The molecule has 0 saturated carbocycles. The summed E-state index contributed by atoms with van der Waals surface area (Å²) >= 11 is 0. The number of carbonyl (C=O) groups excluding carboxylic acids is 1. The van der Waals surface area contributed by atoms with Crippen LogP contribution in [0.15, 0.2) is 9.98 Å². The number of nitrogens with zero attached hydrogens (tertiary/aromatic N) is 3. The summed E-state index contributed by atoms with van der Waals surface area (Å²) in [4.78, 5) is 18.9. The van der Waals surface area contributed by atoms with Crippen molar-refractivity contribution in [2.45, 2.75) is 6.42 Å². The monoisotopic (exact) mass is 229 g/mol. The van der Waals surface area contributed by atoms with Crippen molar-refractivity contribution in [2.75, 3.05) is 19.3 Å². The molecule has 2 heterocycles. The first kappa shape index (κ1) is 10.4. The van der Waals surface area contributed by atoms with E-state index in [1.807, 2.05) is 0 Å². The van der Waals surface area contributed by atoms with Crippen molar-refractivity contribution in [1.29, 1.82) is 0 Å². The predicted octanol–water partition coefficient (Wildman–Crippen LogP) is -0.723. The molecular weight excluding hydrogens is 218 g/mol. The average molecular weight is 229 g/mol. The van der Waals surface area contributed by atoms with Crippen LogP contribution in [-0.2, 0) is 14.8 Å². The number of hydrogen-bond acceptors (Lipinski definition) is 4. The lowest BCUT2D eigenvalue weighted by molar-refractivity contribution is -0.120. The summed E-state index contributed by atoms with van der Waals surface area (Å²) in [6.07, 6.45) is 2.83. The van der Waals surface area contributed by atoms with Gasteiger partial charge < -0.3 is 0 Å². The third kappa shape index (κ3) is 1.98. The number of carbonyl (C=O) groups is 1. The summed E-state index contributed by atoms with van der Waals surface area (Å²) in [6, 6.07) is 0. The molecule has 15 heavy (non-hydrogen) atoms. The number of fused-ring (bicyclic) bond motifs is 1. The van der Waals surface area contributed by atoms with Crippen LogP contribution < -0.4 is 0 Å². The summed E-state index contributed by atoms with van der Waals surface area (Å²) in [7, 11) is -3.20. The van der Waals surface area contributed by atoms with Crippen LogP contribution in [0.5, 0.6) is 0 Å². The van der Waals surface area contributed by atoms with Gasteiger partial charge in [0.15, 0.2) is 0 Å². The largest absolute Gasteiger partial charge is 0.272 e. The van der Waals surface area contributed by atoms with Gasteiger partial charge in [-0.15, -0.1) is 0 Å². The van der Waals surface area contributed by atoms with Crippen molar-refractivity contribution in [2.24, 2.45) is 15.9 Å². The van der Waals surface area contributed by atoms with E-state index in [2.05, 4.69) is 9.98 Å². The van der Waals surface area contributed by atoms with Crippen molar-refractivity contribution >= 4 is 28.0 Å². The van der Waals surface area contributed by atoms with Gasteiger partial charge in [-0.1, -0.05) is 0 Å². The fourth-order valence-corrected chi connectivity index (χ4v) is 2.54. The van der Waals surface area contributed by atoms with E-state index in [4.69, 9.17) is 0 Å². The molecule has 1 atom stereocenters. The molecule has 0 aromatic carbocycles. The Morgan fingerprint density at radius 1 is 1.53 bits per heavy atom. The van der Waals surface area contributed by atoms with E-state index in [0.717, 1.165) is 6.26 Å². The first-order chi connectivity index (χ1) is 6.98. The molecule has 1 fully saturated rings. The lowest BCUT2D eigenvalue weighted by Crippen LogP contribution is -2.46. The Kier molecular flexibility index (Phi) is 2.43. The molecule has 2 aliphatic rings. The molecule has 0 spiro atoms. The number of piperidine rings is 1. The minimum atomic E-state index is -3.20. The van der Waals surface area contributed by atoms with E-state index in [9.17, 15) is 13.2 Å². The van der Waals surface area contributed by atoms with E-state index in [1.165, 1.54) is 10.6 Å². The van der Waals surface area contributed by atoms with Crippen molar-refractivity contribution in [1.82, 2.24) is 4.31 Å². The van der Waals surface area contributed by atoms with Crippen molar-refractivity contribution in [3.63, 3.8) is 0 Å². The van der Waals surface area contributed by atoms with Crippen LogP contribution in [0.2, 0.25) is 0 Å². The topological polar surface area (TPSA) is 79.2 Å². The first-order valence-electron chi connectivity index (χ1n) is 4.56. The molecule has 1 unspecified atom stereocenters. The van der Waals surface area contributed by atoms with Gasteiger partial charge in [0.1, 0.15) is 6.34 Å². The Hall–Kier alpha value is -1.08. The number of sulfonamides is 1. The Balaban J connectivity index is 2.23. The highest BCUT2D eigenvalue weighted by Gasteiger charge is 2.34. The number of aliphatic imine (C=N–C) groups is 2. The quantitative estimate of drug-likeness (QED) is 0.595. The van der Waals surface area contributed by atoms with E-state index in [0.29, 0.717) is 18.7 Å². The second kappa shape index (κ2) is 3.49. The normalized spacial score (nSPS) is 27.4. The molecule has 1 amide bonds. The fourth-order valence-electron chi connectivity index (χ4n) is 1.74. The minimum absolute atomic E-state index is 0.210. The molecule has 7 heteroatoms. The number of amides is 1. The van der Waals surface area contributed by atoms with Gasteiger partial charge in [-0.05, 0) is 6.42 Å². The minimum Gasteiger partial charge on any atom is -0.272 e. The third-order valence-corrected chi connectivity index (χ3v) is 3.83. The van der Waals surface area contributed by atoms with Gasteiger partial charge in [0, 0.05) is 12.3 Å². The lowest BCUT2D eigenvalue weighted by Gasteiger charge is -2.30. The molecule has 0 N–H and O–H groups in total. The van der Waals surface area contributed by atoms with Gasteiger partial charge in [-0.3, -0.25) is 4.79 Å². The Morgan fingerprint density at radius 2 is 2.27 bits per heavy atom. The van der Waals surface area contributed by atoms with E-state index < -0.39 is 10.0 Å². The molecule has 2 aliphatic heterocycles. The van der Waals surface area contributed by atoms with Crippen LogP contribution >= 0.6 is 0 Å². The van der Waals surface area contributed by atoms with Crippen LogP contribution in [0.3, 0.4) is 0 Å². The molecule has 0 radical (unpaired) electrons. The summed E-state index contributed by atoms with van der Waals surface area (Å²) in [5, 5.41) is 0. The van der Waals surface area contributed by atoms with Crippen molar-refractivity contribution < 1.29 is 13.2 Å². The molecule has 1 saturated heterocycles. The summed E-state index contributed by atoms with van der Waals surface area (Å²) in [6.45, 7) is 0.574. The van der Waals surface area contributed by atoms with Gasteiger partial charge in [-0.25, -0.2) is 18.4 Å². The first-order valence-corrected chi connectivity index (χ1v) is 6.41. The zero-order chi connectivity index (χ0) is 11.1. The van der Waals surface area contributed by atoms with Crippen molar-refractivity contribution in [3.05, 3.63) is 0 Å². The molecule has 0 aliphatic carbocycles.